The van der Waals surface area contributed by atoms with Gasteiger partial charge in [-0.1, -0.05) is 24.3 Å². The van der Waals surface area contributed by atoms with Gasteiger partial charge in [0.25, 0.3) is 6.33 Å². The van der Waals surface area contributed by atoms with E-state index >= 15 is 0 Å². The molecule has 0 amide bonds. The summed E-state index contributed by atoms with van der Waals surface area (Å²) >= 11 is 0. The fourth-order valence-corrected chi connectivity index (χ4v) is 7.90. The number of aromatic nitrogens is 9. The smallest absolute Gasteiger partial charge is 0.481 e. The minimum absolute atomic E-state index is 0.214. The van der Waals surface area contributed by atoms with Crippen molar-refractivity contribution in [1.29, 1.82) is 0 Å². The molecular formula is C44H48BN10O6+. The summed E-state index contributed by atoms with van der Waals surface area (Å²) < 4.78 is 34.5. The third-order valence-corrected chi connectivity index (χ3v) is 11.8. The van der Waals surface area contributed by atoms with Crippen LogP contribution >= 0.6 is 0 Å². The van der Waals surface area contributed by atoms with Crippen LogP contribution in [0.4, 0.5) is 5.82 Å². The van der Waals surface area contributed by atoms with E-state index in [-0.39, 0.29) is 12.5 Å². The van der Waals surface area contributed by atoms with E-state index in [9.17, 15) is 4.79 Å². The standard InChI is InChI=1S/C44H47BN10O6/c1-7-59-33(56)19-18-31-22-47-39(52-38(31)46-21-27-10-12-28(13-11-27)32-9-8-20-54-26-51-53-40(32)54)34-37(30-16-17-30)55(25-50-41(34)57-5)23-44(4)43(2,3)60-45(61-44)35-36(29-14-15-29)48-24-49-42(35)58-6/h8-13,18-20,22,24-26,29-30H,7,14-17,21,23H2,1-6H3/p+1. The van der Waals surface area contributed by atoms with Gasteiger partial charge in [-0.15, -0.1) is 10.2 Å². The number of hydrogen-bond donors (Lipinski definition) is 1. The first-order valence-corrected chi connectivity index (χ1v) is 20.6. The van der Waals surface area contributed by atoms with Crippen molar-refractivity contribution in [2.24, 2.45) is 0 Å². The number of benzene rings is 1. The fourth-order valence-electron chi connectivity index (χ4n) is 7.90. The Hall–Kier alpha value is -6.33. The Morgan fingerprint density at radius 1 is 1.00 bits per heavy atom. The Balaban J connectivity index is 1.05. The fraction of sp³-hybridized carbons (Fsp3) is 0.386. The molecule has 61 heavy (non-hydrogen) atoms. The van der Waals surface area contributed by atoms with Gasteiger partial charge in [-0.05, 0) is 87.7 Å². The number of nitrogens with one attached hydrogen (secondary N) is 1. The summed E-state index contributed by atoms with van der Waals surface area (Å²) in [5.41, 5.74) is 6.20. The van der Waals surface area contributed by atoms with Crippen LogP contribution < -0.4 is 24.8 Å². The summed E-state index contributed by atoms with van der Waals surface area (Å²) in [6.07, 6.45) is 15.8. The Morgan fingerprint density at radius 2 is 1.79 bits per heavy atom. The molecule has 0 spiro atoms. The summed E-state index contributed by atoms with van der Waals surface area (Å²) in [5, 5.41) is 11.9. The van der Waals surface area contributed by atoms with Crippen LogP contribution in [0, 0.1) is 0 Å². The number of ether oxygens (including phenoxy) is 3. The third-order valence-electron chi connectivity index (χ3n) is 11.8. The average molecular weight is 824 g/mol. The maximum atomic E-state index is 12.4. The molecule has 16 nitrogen and oxygen atoms in total. The van der Waals surface area contributed by atoms with Crippen LogP contribution in [0.5, 0.6) is 11.8 Å². The number of methoxy groups -OCH3 is 2. The first kappa shape index (κ1) is 40.1. The normalized spacial score (nSPS) is 18.5. The zero-order valence-corrected chi connectivity index (χ0v) is 35.2. The highest BCUT2D eigenvalue weighted by Crippen LogP contribution is 2.46. The molecule has 2 saturated carbocycles. The molecule has 1 N–H and O–H groups in total. The highest BCUT2D eigenvalue weighted by atomic mass is 16.7. The van der Waals surface area contributed by atoms with Crippen molar-refractivity contribution in [2.45, 2.75) is 89.5 Å². The molecule has 1 unspecified atom stereocenters. The van der Waals surface area contributed by atoms with Gasteiger partial charge in [0.15, 0.2) is 17.0 Å². The first-order valence-electron chi connectivity index (χ1n) is 20.6. The molecule has 6 heterocycles. The molecule has 17 heteroatoms. The van der Waals surface area contributed by atoms with E-state index in [2.05, 4.69) is 61.2 Å². The van der Waals surface area contributed by atoms with E-state index in [1.807, 2.05) is 36.6 Å². The number of esters is 1. The van der Waals surface area contributed by atoms with Crippen LogP contribution in [0.2, 0.25) is 0 Å². The molecule has 1 aliphatic heterocycles. The first-order chi connectivity index (χ1) is 29.6. The van der Waals surface area contributed by atoms with Crippen LogP contribution in [-0.4, -0.2) is 84.6 Å². The SMILES string of the molecule is CCOC(=O)/C=C/c1cnc(-c2c(OC)nc[n+](CC3(C)OB(c4c(OC)ncnc4C4CC4)OC3(C)C)c2C2CC2)nc1NCc1ccc(-c2cccn3cnnc23)cc1. The quantitative estimate of drug-likeness (QED) is 0.0615. The monoisotopic (exact) mass is 823 g/mol. The molecule has 9 rings (SSSR count). The molecule has 6 aromatic rings. The van der Waals surface area contributed by atoms with E-state index < -0.39 is 24.3 Å². The zero-order chi connectivity index (χ0) is 42.3. The summed E-state index contributed by atoms with van der Waals surface area (Å²) in [6, 6.07) is 12.3. The molecule has 1 aromatic carbocycles. The van der Waals surface area contributed by atoms with Gasteiger partial charge in [-0.25, -0.2) is 29.3 Å². The van der Waals surface area contributed by atoms with Crippen molar-refractivity contribution < 1.29 is 32.9 Å². The maximum absolute atomic E-state index is 12.4. The predicted molar refractivity (Wildman–Crippen MR) is 226 cm³/mol. The number of rotatable bonds is 15. The second kappa shape index (κ2) is 16.3. The van der Waals surface area contributed by atoms with Crippen LogP contribution in [0.1, 0.15) is 87.7 Å². The number of pyridine rings is 1. The summed E-state index contributed by atoms with van der Waals surface area (Å²) in [7, 11) is 2.48. The molecule has 3 fully saturated rings. The van der Waals surface area contributed by atoms with Gasteiger partial charge in [-0.3, -0.25) is 4.40 Å². The van der Waals surface area contributed by atoms with Crippen molar-refractivity contribution in [2.75, 3.05) is 26.1 Å². The summed E-state index contributed by atoms with van der Waals surface area (Å²) in [6.45, 7) is 9.05. The van der Waals surface area contributed by atoms with Gasteiger partial charge in [-0.2, -0.15) is 0 Å². The average Bonchev–Trinajstić information content (AvgIpc) is 4.21. The van der Waals surface area contributed by atoms with Crippen molar-refractivity contribution in [3.05, 3.63) is 96.4 Å². The van der Waals surface area contributed by atoms with E-state index in [0.29, 0.717) is 53.5 Å². The number of nitrogens with zero attached hydrogens (tertiary/aromatic N) is 9. The number of carbonyl (C=O) groups excluding carboxylic acids is 1. The Morgan fingerprint density at radius 3 is 2.52 bits per heavy atom. The number of carbonyl (C=O) groups is 1. The van der Waals surface area contributed by atoms with Gasteiger partial charge < -0.3 is 28.8 Å². The van der Waals surface area contributed by atoms with E-state index in [0.717, 1.165) is 64.9 Å². The minimum atomic E-state index is -0.825. The van der Waals surface area contributed by atoms with Gasteiger partial charge in [0.2, 0.25) is 5.88 Å². The van der Waals surface area contributed by atoms with Gasteiger partial charge in [0.1, 0.15) is 36.3 Å². The molecule has 312 valence electrons. The molecule has 0 radical (unpaired) electrons. The number of hydrogen-bond acceptors (Lipinski definition) is 14. The van der Waals surface area contributed by atoms with Crippen molar-refractivity contribution >= 4 is 36.1 Å². The molecule has 3 aliphatic rings. The van der Waals surface area contributed by atoms with E-state index in [1.54, 1.807) is 52.4 Å². The van der Waals surface area contributed by atoms with Gasteiger partial charge in [0.05, 0.1) is 37.6 Å². The van der Waals surface area contributed by atoms with Crippen LogP contribution in [0.25, 0.3) is 34.2 Å². The second-order valence-electron chi connectivity index (χ2n) is 16.3. The van der Waals surface area contributed by atoms with E-state index in [4.69, 9.17) is 38.5 Å². The largest absolute Gasteiger partial charge is 0.502 e. The lowest BCUT2D eigenvalue weighted by Crippen LogP contribution is -2.57. The molecule has 0 bridgehead atoms. The lowest BCUT2D eigenvalue weighted by Gasteiger charge is -2.35. The lowest BCUT2D eigenvalue weighted by molar-refractivity contribution is -0.719. The summed E-state index contributed by atoms with van der Waals surface area (Å²) in [4.78, 5) is 36.3. The van der Waals surface area contributed by atoms with Gasteiger partial charge >= 0.3 is 19.0 Å². The second-order valence-corrected chi connectivity index (χ2v) is 16.3. The van der Waals surface area contributed by atoms with E-state index in [1.165, 1.54) is 6.08 Å². The number of anilines is 1. The molecule has 1 saturated heterocycles. The van der Waals surface area contributed by atoms with Gasteiger partial charge in [0, 0.05) is 48.0 Å². The van der Waals surface area contributed by atoms with Crippen molar-refractivity contribution in [3.63, 3.8) is 0 Å². The highest BCUT2D eigenvalue weighted by molar-refractivity contribution is 6.63. The molecular weight excluding hydrogens is 775 g/mol. The predicted octanol–water partition coefficient (Wildman–Crippen LogP) is 5.27. The number of fused-ring (bicyclic) bond motifs is 1. The molecule has 2 aliphatic carbocycles. The Labute approximate surface area is 353 Å². The van der Waals surface area contributed by atoms with Crippen LogP contribution in [0.3, 0.4) is 0 Å². The maximum Gasteiger partial charge on any atom is 0.502 e. The molecule has 5 aromatic heterocycles. The van der Waals surface area contributed by atoms with Crippen LogP contribution in [0.15, 0.2) is 73.8 Å². The zero-order valence-electron chi connectivity index (χ0n) is 35.2. The topological polar surface area (TPSA) is 174 Å². The lowest BCUT2D eigenvalue weighted by atomic mass is 9.77. The summed E-state index contributed by atoms with van der Waals surface area (Å²) in [5.74, 6) is 1.91. The highest BCUT2D eigenvalue weighted by Gasteiger charge is 2.58. The Bertz CT molecular complexity index is 2630. The Kier molecular flexibility index (Phi) is 10.7. The van der Waals surface area contributed by atoms with Crippen molar-refractivity contribution in [3.8, 4) is 34.3 Å². The molecule has 1 atom stereocenters. The van der Waals surface area contributed by atoms with Crippen molar-refractivity contribution in [1.82, 2.24) is 39.5 Å². The minimum Gasteiger partial charge on any atom is -0.481 e. The third kappa shape index (κ3) is 7.90. The van der Waals surface area contributed by atoms with Crippen LogP contribution in [-0.2, 0) is 31.9 Å².